The van der Waals surface area contributed by atoms with Gasteiger partial charge in [-0.1, -0.05) is 23.7 Å². The van der Waals surface area contributed by atoms with Gasteiger partial charge in [-0.05, 0) is 6.07 Å². The predicted octanol–water partition coefficient (Wildman–Crippen LogP) is 3.26. The smallest absolute Gasteiger partial charge is 0.149 e. The van der Waals surface area contributed by atoms with E-state index < -0.39 is 11.6 Å². The minimum atomic E-state index is -0.672. The second kappa shape index (κ2) is 4.06. The van der Waals surface area contributed by atoms with Crippen LogP contribution in [0.1, 0.15) is 0 Å². The second-order valence-electron chi connectivity index (χ2n) is 3.19. The maximum Gasteiger partial charge on any atom is 0.149 e. The van der Waals surface area contributed by atoms with Crippen molar-refractivity contribution in [3.63, 3.8) is 0 Å². The van der Waals surface area contributed by atoms with Gasteiger partial charge < -0.3 is 5.73 Å². The zero-order valence-electron chi connectivity index (χ0n) is 8.05. The molecule has 2 rings (SSSR count). The van der Waals surface area contributed by atoms with Crippen LogP contribution >= 0.6 is 11.6 Å². The summed E-state index contributed by atoms with van der Waals surface area (Å²) in [5.74, 6) is -1.26. The number of hydrogen-bond donors (Lipinski definition) is 1. The molecule has 0 unspecified atom stereocenters. The molecular formula is C11H7ClF2N2. The molecule has 16 heavy (non-hydrogen) atoms. The van der Waals surface area contributed by atoms with E-state index in [2.05, 4.69) is 4.98 Å². The first-order chi connectivity index (χ1) is 7.59. The lowest BCUT2D eigenvalue weighted by Crippen LogP contribution is -1.95. The molecule has 1 aromatic heterocycles. The molecule has 0 amide bonds. The zero-order chi connectivity index (χ0) is 11.7. The first-order valence-corrected chi connectivity index (χ1v) is 4.83. The SMILES string of the molecule is Nc1cc(F)c(-c2cccc(Cl)c2F)cn1. The van der Waals surface area contributed by atoms with E-state index in [4.69, 9.17) is 17.3 Å². The highest BCUT2D eigenvalue weighted by atomic mass is 35.5. The summed E-state index contributed by atoms with van der Waals surface area (Å²) in [7, 11) is 0. The summed E-state index contributed by atoms with van der Waals surface area (Å²) in [6, 6.07) is 5.40. The first-order valence-electron chi connectivity index (χ1n) is 4.45. The molecule has 0 aliphatic carbocycles. The topological polar surface area (TPSA) is 38.9 Å². The van der Waals surface area contributed by atoms with Gasteiger partial charge in [0.15, 0.2) is 0 Å². The van der Waals surface area contributed by atoms with Crippen LogP contribution in [0.25, 0.3) is 11.1 Å². The molecule has 2 N–H and O–H groups in total. The summed E-state index contributed by atoms with van der Waals surface area (Å²) in [5.41, 5.74) is 5.41. The third kappa shape index (κ3) is 1.84. The maximum absolute atomic E-state index is 13.6. The summed E-state index contributed by atoms with van der Waals surface area (Å²) in [6.07, 6.45) is 1.18. The summed E-state index contributed by atoms with van der Waals surface area (Å²) >= 11 is 5.60. The minimum absolute atomic E-state index is 0.0363. The Labute approximate surface area is 95.7 Å². The van der Waals surface area contributed by atoms with Gasteiger partial charge in [-0.2, -0.15) is 0 Å². The molecule has 0 aliphatic rings. The molecule has 0 bridgehead atoms. The number of anilines is 1. The number of aromatic nitrogens is 1. The molecule has 0 saturated carbocycles. The molecule has 1 aromatic carbocycles. The number of pyridine rings is 1. The van der Waals surface area contributed by atoms with Crippen molar-refractivity contribution in [2.24, 2.45) is 0 Å². The first kappa shape index (κ1) is 10.8. The highest BCUT2D eigenvalue weighted by Crippen LogP contribution is 2.29. The van der Waals surface area contributed by atoms with Crippen LogP contribution in [-0.2, 0) is 0 Å². The molecule has 5 heteroatoms. The zero-order valence-corrected chi connectivity index (χ0v) is 8.80. The van der Waals surface area contributed by atoms with Gasteiger partial charge in [0.25, 0.3) is 0 Å². The van der Waals surface area contributed by atoms with Crippen molar-refractivity contribution in [2.45, 2.75) is 0 Å². The third-order valence-corrected chi connectivity index (χ3v) is 2.41. The fourth-order valence-corrected chi connectivity index (χ4v) is 1.53. The van der Waals surface area contributed by atoms with E-state index in [1.165, 1.54) is 24.4 Å². The number of nitrogen functional groups attached to an aromatic ring is 1. The molecule has 0 saturated heterocycles. The molecule has 1 heterocycles. The Morgan fingerprint density at radius 1 is 1.19 bits per heavy atom. The molecule has 0 radical (unpaired) electrons. The van der Waals surface area contributed by atoms with Crippen molar-refractivity contribution < 1.29 is 8.78 Å². The van der Waals surface area contributed by atoms with Crippen LogP contribution in [0.15, 0.2) is 30.5 Å². The summed E-state index contributed by atoms with van der Waals surface area (Å²) in [5, 5.41) is -0.0614. The van der Waals surface area contributed by atoms with Crippen molar-refractivity contribution in [3.05, 3.63) is 47.1 Å². The summed E-state index contributed by atoms with van der Waals surface area (Å²) in [6.45, 7) is 0. The van der Waals surface area contributed by atoms with Crippen LogP contribution in [0.5, 0.6) is 0 Å². The number of nitrogens with zero attached hydrogens (tertiary/aromatic N) is 1. The highest BCUT2D eigenvalue weighted by molar-refractivity contribution is 6.31. The molecule has 0 aliphatic heterocycles. The van der Waals surface area contributed by atoms with E-state index in [1.54, 1.807) is 0 Å². The van der Waals surface area contributed by atoms with Crippen molar-refractivity contribution in [1.29, 1.82) is 0 Å². The van der Waals surface area contributed by atoms with Gasteiger partial charge in [-0.3, -0.25) is 0 Å². The number of nitrogens with two attached hydrogens (primary N) is 1. The number of rotatable bonds is 1. The molecular weight excluding hydrogens is 234 g/mol. The van der Waals surface area contributed by atoms with Gasteiger partial charge in [0, 0.05) is 23.4 Å². The second-order valence-corrected chi connectivity index (χ2v) is 3.60. The highest BCUT2D eigenvalue weighted by Gasteiger charge is 2.12. The van der Waals surface area contributed by atoms with Crippen molar-refractivity contribution in [1.82, 2.24) is 4.98 Å². The molecule has 0 atom stereocenters. The Morgan fingerprint density at radius 3 is 2.62 bits per heavy atom. The maximum atomic E-state index is 13.6. The number of hydrogen-bond acceptors (Lipinski definition) is 2. The molecule has 82 valence electrons. The Morgan fingerprint density at radius 2 is 1.94 bits per heavy atom. The average molecular weight is 241 g/mol. The quantitative estimate of drug-likeness (QED) is 0.831. The Hall–Kier alpha value is -1.68. The van der Waals surface area contributed by atoms with Crippen LogP contribution < -0.4 is 5.73 Å². The third-order valence-electron chi connectivity index (χ3n) is 2.12. The Balaban J connectivity index is 2.63. The van der Waals surface area contributed by atoms with Gasteiger partial charge >= 0.3 is 0 Å². The van der Waals surface area contributed by atoms with Crippen molar-refractivity contribution in [3.8, 4) is 11.1 Å². The Bertz CT molecular complexity index is 544. The molecule has 0 fully saturated rings. The predicted molar refractivity (Wildman–Crippen MR) is 59.0 cm³/mol. The van der Waals surface area contributed by atoms with Gasteiger partial charge in [0.2, 0.25) is 0 Å². The van der Waals surface area contributed by atoms with Gasteiger partial charge in [-0.15, -0.1) is 0 Å². The standard InChI is InChI=1S/C11H7ClF2N2/c12-8-3-1-2-6(11(8)14)7-5-16-10(15)4-9(7)13/h1-5H,(H2,15,16). The molecule has 2 aromatic rings. The van der Waals surface area contributed by atoms with E-state index in [-0.39, 0.29) is 22.0 Å². The van der Waals surface area contributed by atoms with Crippen LogP contribution in [-0.4, -0.2) is 4.98 Å². The average Bonchev–Trinajstić information content (AvgIpc) is 2.23. The summed E-state index contributed by atoms with van der Waals surface area (Å²) < 4.78 is 27.1. The van der Waals surface area contributed by atoms with Gasteiger partial charge in [0.05, 0.1) is 5.02 Å². The van der Waals surface area contributed by atoms with E-state index in [1.807, 2.05) is 0 Å². The summed E-state index contributed by atoms with van der Waals surface area (Å²) in [4.78, 5) is 3.72. The van der Waals surface area contributed by atoms with Crippen LogP contribution in [0, 0.1) is 11.6 Å². The fourth-order valence-electron chi connectivity index (χ4n) is 1.36. The lowest BCUT2D eigenvalue weighted by Gasteiger charge is -2.05. The monoisotopic (exact) mass is 240 g/mol. The van der Waals surface area contributed by atoms with Gasteiger partial charge in [0.1, 0.15) is 17.5 Å². The van der Waals surface area contributed by atoms with Gasteiger partial charge in [-0.25, -0.2) is 13.8 Å². The Kier molecular flexibility index (Phi) is 2.75. The van der Waals surface area contributed by atoms with E-state index in [0.717, 1.165) is 6.07 Å². The molecule has 2 nitrogen and oxygen atoms in total. The lowest BCUT2D eigenvalue weighted by atomic mass is 10.1. The number of benzene rings is 1. The van der Waals surface area contributed by atoms with E-state index in [0.29, 0.717) is 0 Å². The molecule has 0 spiro atoms. The largest absolute Gasteiger partial charge is 0.384 e. The fraction of sp³-hybridized carbons (Fsp3) is 0. The lowest BCUT2D eigenvalue weighted by molar-refractivity contribution is 0.615. The van der Waals surface area contributed by atoms with Crippen molar-refractivity contribution in [2.75, 3.05) is 5.73 Å². The van der Waals surface area contributed by atoms with Crippen LogP contribution in [0.2, 0.25) is 5.02 Å². The number of halogens is 3. The minimum Gasteiger partial charge on any atom is -0.384 e. The normalized spacial score (nSPS) is 10.4. The van der Waals surface area contributed by atoms with Crippen LogP contribution in [0.3, 0.4) is 0 Å². The van der Waals surface area contributed by atoms with Crippen LogP contribution in [0.4, 0.5) is 14.6 Å². The van der Waals surface area contributed by atoms with E-state index in [9.17, 15) is 8.78 Å². The van der Waals surface area contributed by atoms with E-state index >= 15 is 0 Å². The van der Waals surface area contributed by atoms with Crippen molar-refractivity contribution >= 4 is 17.4 Å².